The van der Waals surface area contributed by atoms with Crippen LogP contribution >= 0.6 is 0 Å². The number of rotatable bonds is 10. The monoisotopic (exact) mass is 444 g/mol. The SMILES string of the molecule is NC1c2ccccc2-c2ccc(OCCOCCNC(=O)c3cc(C=O)cc(C=O)c3)cc21. The highest BCUT2D eigenvalue weighted by Gasteiger charge is 2.25. The molecule has 4 rings (SSSR count). The molecular weight excluding hydrogens is 420 g/mol. The Morgan fingerprint density at radius 2 is 1.61 bits per heavy atom. The molecule has 168 valence electrons. The first-order valence-corrected chi connectivity index (χ1v) is 10.6. The maximum absolute atomic E-state index is 12.2. The molecule has 0 saturated heterocycles. The van der Waals surface area contributed by atoms with Gasteiger partial charge in [0, 0.05) is 23.2 Å². The van der Waals surface area contributed by atoms with Gasteiger partial charge in [-0.25, -0.2) is 0 Å². The topological polar surface area (TPSA) is 108 Å². The average molecular weight is 444 g/mol. The van der Waals surface area contributed by atoms with E-state index in [0.29, 0.717) is 32.4 Å². The highest BCUT2D eigenvalue weighted by molar-refractivity contribution is 5.97. The third-order valence-electron chi connectivity index (χ3n) is 5.48. The molecule has 3 aromatic rings. The molecule has 1 aliphatic rings. The fourth-order valence-corrected chi connectivity index (χ4v) is 3.92. The highest BCUT2D eigenvalue weighted by Crippen LogP contribution is 2.43. The molecule has 1 atom stereocenters. The predicted octanol–water partition coefficient (Wildman–Crippen LogP) is 3.17. The normalized spacial score (nSPS) is 13.7. The Morgan fingerprint density at radius 3 is 2.36 bits per heavy atom. The maximum Gasteiger partial charge on any atom is 0.251 e. The third kappa shape index (κ3) is 5.00. The van der Waals surface area contributed by atoms with Crippen molar-refractivity contribution in [2.75, 3.05) is 26.4 Å². The van der Waals surface area contributed by atoms with Gasteiger partial charge >= 0.3 is 0 Å². The molecule has 0 heterocycles. The minimum atomic E-state index is -0.378. The van der Waals surface area contributed by atoms with Gasteiger partial charge < -0.3 is 20.5 Å². The summed E-state index contributed by atoms with van der Waals surface area (Å²) >= 11 is 0. The second-order valence-corrected chi connectivity index (χ2v) is 7.65. The summed E-state index contributed by atoms with van der Waals surface area (Å²) in [5.74, 6) is 0.354. The van der Waals surface area contributed by atoms with E-state index in [1.54, 1.807) is 0 Å². The molecule has 0 spiro atoms. The highest BCUT2D eigenvalue weighted by atomic mass is 16.5. The summed E-state index contributed by atoms with van der Waals surface area (Å²) in [6.45, 7) is 1.30. The van der Waals surface area contributed by atoms with Crippen LogP contribution in [0.25, 0.3) is 11.1 Å². The molecule has 0 saturated carbocycles. The summed E-state index contributed by atoms with van der Waals surface area (Å²) in [6, 6.07) is 18.2. The smallest absolute Gasteiger partial charge is 0.251 e. The lowest BCUT2D eigenvalue weighted by Crippen LogP contribution is -2.28. The molecule has 0 aromatic heterocycles. The number of nitrogens with two attached hydrogens (primary N) is 1. The number of amides is 1. The van der Waals surface area contributed by atoms with E-state index >= 15 is 0 Å². The Balaban J connectivity index is 1.19. The zero-order valence-electron chi connectivity index (χ0n) is 18.0. The second-order valence-electron chi connectivity index (χ2n) is 7.65. The van der Waals surface area contributed by atoms with Crippen LogP contribution in [-0.2, 0) is 4.74 Å². The minimum Gasteiger partial charge on any atom is -0.491 e. The largest absolute Gasteiger partial charge is 0.491 e. The number of fused-ring (bicyclic) bond motifs is 3. The van der Waals surface area contributed by atoms with Crippen molar-refractivity contribution in [3.05, 3.63) is 88.5 Å². The number of carbonyl (C=O) groups is 3. The number of ether oxygens (including phenoxy) is 2. The van der Waals surface area contributed by atoms with Gasteiger partial charge in [0.15, 0.2) is 0 Å². The van der Waals surface area contributed by atoms with Gasteiger partial charge in [-0.2, -0.15) is 0 Å². The van der Waals surface area contributed by atoms with Gasteiger partial charge in [-0.1, -0.05) is 30.3 Å². The molecule has 1 aliphatic carbocycles. The lowest BCUT2D eigenvalue weighted by atomic mass is 10.1. The van der Waals surface area contributed by atoms with E-state index in [2.05, 4.69) is 11.4 Å². The van der Waals surface area contributed by atoms with Crippen molar-refractivity contribution in [2.45, 2.75) is 6.04 Å². The van der Waals surface area contributed by atoms with Crippen molar-refractivity contribution in [1.82, 2.24) is 5.32 Å². The van der Waals surface area contributed by atoms with Crippen LogP contribution in [-0.4, -0.2) is 44.8 Å². The Kier molecular flexibility index (Phi) is 6.92. The van der Waals surface area contributed by atoms with Crippen molar-refractivity contribution in [2.24, 2.45) is 5.73 Å². The van der Waals surface area contributed by atoms with Crippen molar-refractivity contribution < 1.29 is 23.9 Å². The van der Waals surface area contributed by atoms with E-state index in [-0.39, 0.29) is 35.2 Å². The quantitative estimate of drug-likeness (QED) is 0.367. The number of aldehydes is 2. The molecule has 0 radical (unpaired) electrons. The Bertz CT molecular complexity index is 1160. The number of benzene rings is 3. The van der Waals surface area contributed by atoms with Crippen LogP contribution in [0.15, 0.2) is 60.7 Å². The second kappa shape index (κ2) is 10.2. The average Bonchev–Trinajstić information content (AvgIpc) is 3.14. The summed E-state index contributed by atoms with van der Waals surface area (Å²) in [7, 11) is 0. The molecule has 7 nitrogen and oxygen atoms in total. The first-order valence-electron chi connectivity index (χ1n) is 10.6. The minimum absolute atomic E-state index is 0.158. The lowest BCUT2D eigenvalue weighted by molar-refractivity contribution is 0.0867. The van der Waals surface area contributed by atoms with Crippen molar-refractivity contribution in [1.29, 1.82) is 0 Å². The lowest BCUT2D eigenvalue weighted by Gasteiger charge is -2.11. The van der Waals surface area contributed by atoms with Crippen LogP contribution in [0.1, 0.15) is 48.2 Å². The van der Waals surface area contributed by atoms with Crippen LogP contribution in [0.2, 0.25) is 0 Å². The van der Waals surface area contributed by atoms with Gasteiger partial charge in [-0.3, -0.25) is 14.4 Å². The number of nitrogens with one attached hydrogen (secondary N) is 1. The molecule has 1 amide bonds. The molecule has 1 unspecified atom stereocenters. The van der Waals surface area contributed by atoms with Gasteiger partial charge in [0.2, 0.25) is 0 Å². The Labute approximate surface area is 191 Å². The van der Waals surface area contributed by atoms with E-state index in [4.69, 9.17) is 15.2 Å². The van der Waals surface area contributed by atoms with Crippen molar-refractivity contribution in [3.63, 3.8) is 0 Å². The molecular formula is C26H24N2O5. The van der Waals surface area contributed by atoms with E-state index in [1.807, 2.05) is 36.4 Å². The van der Waals surface area contributed by atoms with Crippen LogP contribution in [0.4, 0.5) is 0 Å². The van der Waals surface area contributed by atoms with Crippen LogP contribution in [0.5, 0.6) is 5.75 Å². The molecule has 7 heteroatoms. The zero-order valence-corrected chi connectivity index (χ0v) is 18.0. The Hall–Kier alpha value is -3.81. The molecule has 0 aliphatic heterocycles. The van der Waals surface area contributed by atoms with Gasteiger partial charge in [-0.05, 0) is 52.6 Å². The predicted molar refractivity (Wildman–Crippen MR) is 124 cm³/mol. The molecule has 33 heavy (non-hydrogen) atoms. The first-order chi connectivity index (χ1) is 16.1. The van der Waals surface area contributed by atoms with Gasteiger partial charge in [0.05, 0.1) is 19.3 Å². The summed E-state index contributed by atoms with van der Waals surface area (Å²) in [5.41, 5.74) is 11.7. The fraction of sp³-hybridized carbons (Fsp3) is 0.192. The molecule has 0 bridgehead atoms. The molecule has 3 aromatic carbocycles. The van der Waals surface area contributed by atoms with Crippen LogP contribution < -0.4 is 15.8 Å². The van der Waals surface area contributed by atoms with Gasteiger partial charge in [-0.15, -0.1) is 0 Å². The number of hydrogen-bond donors (Lipinski definition) is 2. The maximum atomic E-state index is 12.2. The fourth-order valence-electron chi connectivity index (χ4n) is 3.92. The number of hydrogen-bond acceptors (Lipinski definition) is 6. The van der Waals surface area contributed by atoms with Gasteiger partial charge in [0.25, 0.3) is 5.91 Å². The van der Waals surface area contributed by atoms with E-state index in [0.717, 1.165) is 28.0 Å². The summed E-state index contributed by atoms with van der Waals surface area (Å²) < 4.78 is 11.3. The molecule has 3 N–H and O–H groups in total. The third-order valence-corrected chi connectivity index (χ3v) is 5.48. The van der Waals surface area contributed by atoms with Gasteiger partial charge in [0.1, 0.15) is 24.9 Å². The van der Waals surface area contributed by atoms with Crippen LogP contribution in [0.3, 0.4) is 0 Å². The number of carbonyl (C=O) groups excluding carboxylic acids is 3. The summed E-state index contributed by atoms with van der Waals surface area (Å²) in [5, 5.41) is 2.70. The van der Waals surface area contributed by atoms with Crippen molar-refractivity contribution in [3.8, 4) is 16.9 Å². The van der Waals surface area contributed by atoms with E-state index < -0.39 is 0 Å². The molecule has 0 fully saturated rings. The first kappa shape index (κ1) is 22.4. The standard InChI is InChI=1S/C26H24N2O5/c27-25-23-4-2-1-3-21(23)22-6-5-20(14-24(22)25)33-10-9-32-8-7-28-26(31)19-12-17(15-29)11-18(13-19)16-30/h1-6,11-16,25H,7-10,27H2,(H,28,31). The summed E-state index contributed by atoms with van der Waals surface area (Å²) in [4.78, 5) is 34.1. The van der Waals surface area contributed by atoms with E-state index in [9.17, 15) is 14.4 Å². The van der Waals surface area contributed by atoms with Crippen molar-refractivity contribution >= 4 is 18.5 Å². The zero-order chi connectivity index (χ0) is 23.2. The summed E-state index contributed by atoms with van der Waals surface area (Å²) in [6.07, 6.45) is 1.20. The van der Waals surface area contributed by atoms with Crippen LogP contribution in [0, 0.1) is 0 Å². The Morgan fingerprint density at radius 1 is 0.879 bits per heavy atom. The van der Waals surface area contributed by atoms with E-state index in [1.165, 1.54) is 18.2 Å².